The number of fused-ring (bicyclic) bond motifs is 1. The Labute approximate surface area is 454 Å². The maximum Gasteiger partial charge on any atom is 0.243 e. The quantitative estimate of drug-likeness (QED) is 0.0400. The fourth-order valence-electron chi connectivity index (χ4n) is 8.74. The summed E-state index contributed by atoms with van der Waals surface area (Å²) in [6, 6.07) is 6.10. The van der Waals surface area contributed by atoms with Gasteiger partial charge in [0.2, 0.25) is 47.3 Å². The summed E-state index contributed by atoms with van der Waals surface area (Å²) in [4.78, 5) is 115. The minimum absolute atomic E-state index is 0.000582. The Bertz CT molecular complexity index is 2600. The number of guanidine groups is 2. The molecular formula is C53H81N17O8. The molecule has 1 aliphatic rings. The maximum absolute atomic E-state index is 14.8. The first kappa shape index (κ1) is 62.3. The zero-order valence-corrected chi connectivity index (χ0v) is 45.1. The highest BCUT2D eigenvalue weighted by molar-refractivity contribution is 5.97. The number of H-pyrrole nitrogens is 1. The van der Waals surface area contributed by atoms with Gasteiger partial charge in [-0.3, -0.25) is 49.2 Å². The number of nitrogens with one attached hydrogen (secondary N) is 13. The lowest BCUT2D eigenvalue weighted by atomic mass is 9.86. The van der Waals surface area contributed by atoms with E-state index in [1.54, 1.807) is 6.20 Å². The van der Waals surface area contributed by atoms with Crippen molar-refractivity contribution < 1.29 is 38.4 Å². The number of rotatable bonds is 18. The molecule has 1 aliphatic heterocycles. The van der Waals surface area contributed by atoms with Crippen molar-refractivity contribution in [3.05, 3.63) is 83.7 Å². The third-order valence-electron chi connectivity index (χ3n) is 13.1. The fourth-order valence-corrected chi connectivity index (χ4v) is 8.74. The molecule has 426 valence electrons. The van der Waals surface area contributed by atoms with Crippen LogP contribution < -0.4 is 76.1 Å². The Hall–Kier alpha value is -8.22. The Morgan fingerprint density at radius 2 is 1.32 bits per heavy atom. The molecule has 1 fully saturated rings. The molecule has 1 aromatic heterocycles. The highest BCUT2D eigenvalue weighted by Gasteiger charge is 2.35. The van der Waals surface area contributed by atoms with Gasteiger partial charge in [-0.2, -0.15) is 0 Å². The number of amides is 8. The van der Waals surface area contributed by atoms with Crippen molar-refractivity contribution in [3.8, 4) is 0 Å². The molecule has 25 heteroatoms. The summed E-state index contributed by atoms with van der Waals surface area (Å²) in [6.45, 7) is 11.5. The van der Waals surface area contributed by atoms with Crippen molar-refractivity contribution in [3.63, 3.8) is 0 Å². The number of aromatic nitrogens is 1. The largest absolute Gasteiger partial charge is 0.401 e. The topological polar surface area (TPSA) is 424 Å². The molecule has 0 saturated carbocycles. The molecule has 3 aromatic rings. The molecule has 0 aliphatic carbocycles. The van der Waals surface area contributed by atoms with Gasteiger partial charge in [0.1, 0.15) is 36.3 Å². The third-order valence-corrected chi connectivity index (χ3v) is 13.1. The molecule has 0 unspecified atom stereocenters. The molecule has 0 spiro atoms. The minimum atomic E-state index is -1.45. The van der Waals surface area contributed by atoms with E-state index in [2.05, 4.69) is 64.7 Å². The van der Waals surface area contributed by atoms with Crippen LogP contribution in [0.1, 0.15) is 102 Å². The molecule has 8 amide bonds. The molecule has 2 aromatic carbocycles. The van der Waals surface area contributed by atoms with E-state index in [0.717, 1.165) is 16.5 Å². The minimum Gasteiger partial charge on any atom is -0.401 e. The van der Waals surface area contributed by atoms with Crippen LogP contribution in [-0.2, 0) is 56.6 Å². The van der Waals surface area contributed by atoms with Gasteiger partial charge in [0.05, 0.1) is 6.04 Å². The van der Waals surface area contributed by atoms with Crippen LogP contribution in [0.25, 0.3) is 10.9 Å². The van der Waals surface area contributed by atoms with Crippen LogP contribution in [0.2, 0.25) is 0 Å². The van der Waals surface area contributed by atoms with Gasteiger partial charge in [0.15, 0.2) is 11.9 Å². The van der Waals surface area contributed by atoms with Gasteiger partial charge in [-0.15, -0.1) is 0 Å². The van der Waals surface area contributed by atoms with E-state index < -0.39 is 89.6 Å². The van der Waals surface area contributed by atoms with E-state index in [1.807, 2.05) is 69.3 Å². The van der Waals surface area contributed by atoms with E-state index in [9.17, 15) is 38.4 Å². The number of aromatic amines is 1. The van der Waals surface area contributed by atoms with Crippen molar-refractivity contribution in [1.29, 1.82) is 10.8 Å². The van der Waals surface area contributed by atoms with E-state index in [-0.39, 0.29) is 120 Å². The third kappa shape index (κ3) is 20.7. The molecule has 7 atom stereocenters. The lowest BCUT2D eigenvalue weighted by Gasteiger charge is -2.28. The average molecular weight is 1080 g/mol. The lowest BCUT2D eigenvalue weighted by Crippen LogP contribution is -2.60. The summed E-state index contributed by atoms with van der Waals surface area (Å²) < 4.78 is 0. The van der Waals surface area contributed by atoms with Gasteiger partial charge in [0, 0.05) is 68.6 Å². The van der Waals surface area contributed by atoms with Gasteiger partial charge < -0.3 is 81.1 Å². The normalized spacial score (nSPS) is 21.0. The summed E-state index contributed by atoms with van der Waals surface area (Å²) in [5, 5.41) is 43.2. The molecule has 4 rings (SSSR count). The zero-order valence-electron chi connectivity index (χ0n) is 45.1. The first-order valence-electron chi connectivity index (χ1n) is 26.3. The number of nitrogens with two attached hydrogens (primary N) is 4. The lowest BCUT2D eigenvalue weighted by molar-refractivity contribution is -0.135. The van der Waals surface area contributed by atoms with Crippen LogP contribution in [0.5, 0.6) is 0 Å². The highest BCUT2D eigenvalue weighted by atomic mass is 16.2. The van der Waals surface area contributed by atoms with Crippen LogP contribution in [0.15, 0.2) is 67.0 Å². The standard InChI is InChI=1S/C53H81N17O8/c1-30(55)36-13-8-24-60-44(72)21-20-40(67-45(73)38(64-31(2)71)14-9-25-61-51(56)57)47(75)68-41(22-23-54)48(76)69-42(27-32-16-18-34(19-17-32)53(3,4)5)49(77)66-39(15-10-26-62-52(58)59)46(74)70-43(50(78)65-36)28-33-29-63-37-12-7-6-11-35(33)37/h6-7,11-12,16-19,29,36,38-43,63H,1,8-10,13-15,20-28,54-55H2,2-5H3,(H,60,72)(H,64,71)(H,65,78)(H,66,77)(H,67,73)(H,68,75)(H,69,76)(H,70,74)(H4,56,57,61)(H4,58,59,62)/t36-,38-,39-,40-,41-,42+,43-/m0/s1. The van der Waals surface area contributed by atoms with E-state index in [4.69, 9.17) is 33.8 Å². The maximum atomic E-state index is 14.8. The van der Waals surface area contributed by atoms with Crippen molar-refractivity contribution in [2.75, 3.05) is 26.2 Å². The Morgan fingerprint density at radius 1 is 0.744 bits per heavy atom. The first-order chi connectivity index (χ1) is 36.9. The van der Waals surface area contributed by atoms with E-state index in [1.165, 1.54) is 6.92 Å². The predicted octanol–water partition coefficient (Wildman–Crippen LogP) is -1.30. The first-order valence-corrected chi connectivity index (χ1v) is 26.3. The molecule has 0 bridgehead atoms. The van der Waals surface area contributed by atoms with Gasteiger partial charge >= 0.3 is 0 Å². The second-order valence-electron chi connectivity index (χ2n) is 20.5. The number of benzene rings is 2. The van der Waals surface area contributed by atoms with Crippen molar-refractivity contribution in [2.45, 2.75) is 146 Å². The van der Waals surface area contributed by atoms with E-state index in [0.29, 0.717) is 11.1 Å². The number of carbonyl (C=O) groups is 8. The van der Waals surface area contributed by atoms with Gasteiger partial charge in [-0.25, -0.2) is 0 Å². The van der Waals surface area contributed by atoms with Crippen LogP contribution in [0, 0.1) is 10.8 Å². The monoisotopic (exact) mass is 1080 g/mol. The summed E-state index contributed by atoms with van der Waals surface area (Å²) in [6.07, 6.45) is 1.96. The average Bonchev–Trinajstić information content (AvgIpc) is 3.79. The second-order valence-corrected chi connectivity index (χ2v) is 20.5. The molecule has 25 nitrogen and oxygen atoms in total. The van der Waals surface area contributed by atoms with Crippen molar-refractivity contribution in [2.24, 2.45) is 22.9 Å². The van der Waals surface area contributed by atoms with Crippen LogP contribution in [-0.4, -0.2) is 133 Å². The van der Waals surface area contributed by atoms with Crippen molar-refractivity contribution >= 4 is 70.1 Å². The number of hydrogen-bond acceptors (Lipinski definition) is 12. The number of carbonyl (C=O) groups excluding carboxylic acids is 8. The predicted molar refractivity (Wildman–Crippen MR) is 297 cm³/mol. The van der Waals surface area contributed by atoms with E-state index >= 15 is 0 Å². The second kappa shape index (κ2) is 30.5. The SMILES string of the molecule is C=C(N)[C@@H]1CCCNC(=O)CC[C@H](NC(=O)[C@H](CCCNC(=N)N)NC(C)=O)C(=O)N[C@@H](CCN)C(=O)N[C@H](Cc2ccc(C(C)(C)C)cc2)C(=O)N[C@@H](CCCNC(=N)N)C(=O)N[C@@H](Cc2c[nH]c3ccccc23)C(=O)N1. The highest BCUT2D eigenvalue weighted by Crippen LogP contribution is 2.23. The number of para-hydroxylation sites is 1. The Morgan fingerprint density at radius 3 is 1.94 bits per heavy atom. The Kier molecular flexibility index (Phi) is 24.4. The summed E-state index contributed by atoms with van der Waals surface area (Å²) in [5.41, 5.74) is 26.2. The van der Waals surface area contributed by atoms with Gasteiger partial charge in [-0.1, -0.05) is 69.8 Å². The van der Waals surface area contributed by atoms with Crippen LogP contribution in [0.3, 0.4) is 0 Å². The molecule has 2 heterocycles. The molecule has 21 N–H and O–H groups in total. The summed E-state index contributed by atoms with van der Waals surface area (Å²) in [7, 11) is 0. The van der Waals surface area contributed by atoms with Crippen LogP contribution >= 0.6 is 0 Å². The smallest absolute Gasteiger partial charge is 0.243 e. The molecule has 78 heavy (non-hydrogen) atoms. The number of hydrogen-bond donors (Lipinski definition) is 17. The zero-order chi connectivity index (χ0) is 57.5. The molecule has 1 saturated heterocycles. The fraction of sp³-hybridized carbons (Fsp3) is 0.509. The Balaban J connectivity index is 1.79. The molecule has 0 radical (unpaired) electrons. The summed E-state index contributed by atoms with van der Waals surface area (Å²) >= 11 is 0. The van der Waals surface area contributed by atoms with Gasteiger partial charge in [0.25, 0.3) is 0 Å². The molecular weight excluding hydrogens is 1000 g/mol. The summed E-state index contributed by atoms with van der Waals surface area (Å²) in [5.74, 6) is -6.29. The van der Waals surface area contributed by atoms with Gasteiger partial charge in [-0.05, 0) is 86.1 Å². The van der Waals surface area contributed by atoms with Crippen molar-refractivity contribution in [1.82, 2.24) is 58.2 Å². The van der Waals surface area contributed by atoms with Crippen LogP contribution in [0.4, 0.5) is 0 Å².